The number of hydrogen-bond acceptors (Lipinski definition) is 4. The number of sulfone groups is 1. The topological polar surface area (TPSA) is 79.8 Å². The maximum atomic E-state index is 12.0. The lowest BCUT2D eigenvalue weighted by Gasteiger charge is -2.12. The Kier molecular flexibility index (Phi) is 13.2. The van der Waals surface area contributed by atoms with E-state index in [0.717, 1.165) is 6.26 Å². The van der Waals surface area contributed by atoms with Crippen molar-refractivity contribution in [1.82, 2.24) is 10.6 Å². The number of nitrogens with one attached hydrogen (secondary N) is 2. The zero-order valence-corrected chi connectivity index (χ0v) is 15.7. The van der Waals surface area contributed by atoms with E-state index in [9.17, 15) is 21.6 Å². The summed E-state index contributed by atoms with van der Waals surface area (Å²) in [6.45, 7) is 2.60. The molecule has 0 heterocycles. The molecule has 0 aromatic rings. The molecule has 0 aliphatic rings. The van der Waals surface area contributed by atoms with E-state index in [-0.39, 0.29) is 55.4 Å². The summed E-state index contributed by atoms with van der Waals surface area (Å²) in [6, 6.07) is 0. The average Bonchev–Trinajstić information content (AvgIpc) is 2.30. The van der Waals surface area contributed by atoms with Crippen molar-refractivity contribution in [3.05, 3.63) is 0 Å². The van der Waals surface area contributed by atoms with Gasteiger partial charge in [-0.3, -0.25) is 4.99 Å². The van der Waals surface area contributed by atoms with Gasteiger partial charge in [0.25, 0.3) is 0 Å². The Balaban J connectivity index is 0. The van der Waals surface area contributed by atoms with Crippen LogP contribution in [0.2, 0.25) is 0 Å². The van der Waals surface area contributed by atoms with Crippen molar-refractivity contribution in [3.63, 3.8) is 0 Å². The minimum absolute atomic E-state index is 0. The van der Waals surface area contributed by atoms with Crippen LogP contribution in [0.3, 0.4) is 0 Å². The molecule has 0 aliphatic heterocycles. The van der Waals surface area contributed by atoms with Crippen molar-refractivity contribution in [2.75, 3.05) is 44.9 Å². The summed E-state index contributed by atoms with van der Waals surface area (Å²) >= 11 is 0. The number of hydrogen-bond donors (Lipinski definition) is 2. The molecule has 0 bridgehead atoms. The molecule has 0 saturated carbocycles. The summed E-state index contributed by atoms with van der Waals surface area (Å²) in [5.74, 6) is 0.209. The fourth-order valence-corrected chi connectivity index (χ4v) is 1.61. The van der Waals surface area contributed by atoms with Crippen molar-refractivity contribution >= 4 is 39.8 Å². The van der Waals surface area contributed by atoms with Gasteiger partial charge in [-0.05, 0) is 6.92 Å². The van der Waals surface area contributed by atoms with Crippen LogP contribution in [-0.4, -0.2) is 65.4 Å². The highest BCUT2D eigenvalue weighted by Crippen LogP contribution is 2.18. The molecule has 0 aromatic carbocycles. The summed E-state index contributed by atoms with van der Waals surface area (Å²) in [4.78, 5) is 3.78. The Morgan fingerprint density at radius 3 is 2.36 bits per heavy atom. The van der Waals surface area contributed by atoms with Gasteiger partial charge in [0.2, 0.25) is 0 Å². The number of ether oxygens (including phenoxy) is 1. The second kappa shape index (κ2) is 12.2. The van der Waals surface area contributed by atoms with Crippen LogP contribution in [0.5, 0.6) is 0 Å². The number of halogens is 4. The van der Waals surface area contributed by atoms with Crippen LogP contribution in [-0.2, 0) is 14.6 Å². The van der Waals surface area contributed by atoms with Crippen molar-refractivity contribution in [3.8, 4) is 0 Å². The van der Waals surface area contributed by atoms with Crippen LogP contribution in [0.25, 0.3) is 0 Å². The molecule has 0 rings (SSSR count). The Morgan fingerprint density at radius 1 is 1.23 bits per heavy atom. The number of guanidine groups is 1. The van der Waals surface area contributed by atoms with Gasteiger partial charge in [0.05, 0.1) is 31.9 Å². The van der Waals surface area contributed by atoms with Crippen molar-refractivity contribution in [2.45, 2.75) is 19.5 Å². The fraction of sp³-hybridized carbons (Fsp3) is 0.909. The largest absolute Gasteiger partial charge is 0.390 e. The third-order valence-corrected chi connectivity index (χ3v) is 3.05. The first-order valence-electron chi connectivity index (χ1n) is 6.48. The molecule has 0 radical (unpaired) electrons. The van der Waals surface area contributed by atoms with Crippen molar-refractivity contribution < 1.29 is 26.3 Å². The predicted octanol–water partition coefficient (Wildman–Crippen LogP) is 1.17. The molecule has 0 aliphatic carbocycles. The smallest absolute Gasteiger partial charge is 0.379 e. The Hall–Kier alpha value is -0.300. The highest BCUT2D eigenvalue weighted by molar-refractivity contribution is 14.0. The van der Waals surface area contributed by atoms with E-state index in [4.69, 9.17) is 4.74 Å². The van der Waals surface area contributed by atoms with Crippen LogP contribution in [0.4, 0.5) is 13.2 Å². The molecular formula is C11H23F3IN3O3S. The van der Waals surface area contributed by atoms with E-state index in [1.807, 2.05) is 0 Å². The predicted molar refractivity (Wildman–Crippen MR) is 90.6 cm³/mol. The minimum Gasteiger partial charge on any atom is -0.379 e. The molecule has 11 heteroatoms. The summed E-state index contributed by atoms with van der Waals surface area (Å²) < 4.78 is 62.8. The quantitative estimate of drug-likeness (QED) is 0.233. The Labute approximate surface area is 146 Å². The number of rotatable bonds is 9. The van der Waals surface area contributed by atoms with E-state index in [1.165, 1.54) is 0 Å². The number of alkyl halides is 3. The molecule has 0 spiro atoms. The summed E-state index contributed by atoms with van der Waals surface area (Å²) in [7, 11) is -3.05. The number of aliphatic imine (C=N–C) groups is 1. The van der Waals surface area contributed by atoms with Crippen LogP contribution in [0.1, 0.15) is 13.3 Å². The summed E-state index contributed by atoms with van der Waals surface area (Å²) in [5.41, 5.74) is 0. The van der Waals surface area contributed by atoms with Gasteiger partial charge in [0, 0.05) is 19.3 Å². The van der Waals surface area contributed by atoms with E-state index in [2.05, 4.69) is 15.6 Å². The lowest BCUT2D eigenvalue weighted by Crippen LogP contribution is -2.39. The molecule has 22 heavy (non-hydrogen) atoms. The molecule has 0 amide bonds. The van der Waals surface area contributed by atoms with E-state index in [0.29, 0.717) is 13.1 Å². The molecule has 134 valence electrons. The molecule has 0 saturated heterocycles. The molecule has 0 unspecified atom stereocenters. The Morgan fingerprint density at radius 2 is 1.86 bits per heavy atom. The molecule has 0 atom stereocenters. The van der Waals surface area contributed by atoms with Crippen LogP contribution < -0.4 is 10.6 Å². The summed E-state index contributed by atoms with van der Waals surface area (Å²) in [5, 5.41) is 5.61. The Bertz CT molecular complexity index is 417. The van der Waals surface area contributed by atoms with Crippen molar-refractivity contribution in [2.24, 2.45) is 4.99 Å². The van der Waals surface area contributed by atoms with E-state index < -0.39 is 22.4 Å². The van der Waals surface area contributed by atoms with E-state index >= 15 is 0 Å². The van der Waals surface area contributed by atoms with E-state index in [1.54, 1.807) is 6.92 Å². The van der Waals surface area contributed by atoms with Gasteiger partial charge in [-0.2, -0.15) is 13.2 Å². The first-order valence-corrected chi connectivity index (χ1v) is 8.54. The first kappa shape index (κ1) is 24.0. The standard InChI is InChI=1S/C11H22F3N3O3S.HI/c1-3-15-10(16-5-4-11(12,13)14)17-6-7-20-8-9-21(2,18)19;/h3-9H2,1-2H3,(H2,15,16,17);1H. The van der Waals surface area contributed by atoms with Gasteiger partial charge in [0.15, 0.2) is 5.96 Å². The maximum absolute atomic E-state index is 12.0. The van der Waals surface area contributed by atoms with Gasteiger partial charge in [-0.15, -0.1) is 24.0 Å². The molecule has 6 nitrogen and oxygen atoms in total. The van der Waals surface area contributed by atoms with Crippen LogP contribution >= 0.6 is 24.0 Å². The lowest BCUT2D eigenvalue weighted by molar-refractivity contribution is -0.132. The van der Waals surface area contributed by atoms with Crippen LogP contribution in [0, 0.1) is 0 Å². The van der Waals surface area contributed by atoms with Gasteiger partial charge in [-0.1, -0.05) is 0 Å². The fourth-order valence-electron chi connectivity index (χ4n) is 1.19. The van der Waals surface area contributed by atoms with Crippen molar-refractivity contribution in [1.29, 1.82) is 0 Å². The molecule has 0 fully saturated rings. The van der Waals surface area contributed by atoms with Crippen LogP contribution in [0.15, 0.2) is 4.99 Å². The third-order valence-electron chi connectivity index (χ3n) is 2.15. The first-order chi connectivity index (χ1) is 9.64. The zero-order chi connectivity index (χ0) is 16.4. The minimum atomic E-state index is -4.23. The SMILES string of the molecule is CCNC(=NCCC(F)(F)F)NCCOCCS(C)(=O)=O.I. The zero-order valence-electron chi connectivity index (χ0n) is 12.6. The number of nitrogens with zero attached hydrogens (tertiary/aromatic N) is 1. The molecule has 2 N–H and O–H groups in total. The molecular weight excluding hydrogens is 438 g/mol. The highest BCUT2D eigenvalue weighted by Gasteiger charge is 2.26. The summed E-state index contributed by atoms with van der Waals surface area (Å²) in [6.07, 6.45) is -4.09. The normalized spacial score (nSPS) is 12.7. The molecule has 0 aromatic heterocycles. The van der Waals surface area contributed by atoms with Gasteiger partial charge >= 0.3 is 6.18 Å². The van der Waals surface area contributed by atoms with Gasteiger partial charge in [0.1, 0.15) is 9.84 Å². The highest BCUT2D eigenvalue weighted by atomic mass is 127. The maximum Gasteiger partial charge on any atom is 0.390 e. The van der Waals surface area contributed by atoms with Gasteiger partial charge in [-0.25, -0.2) is 8.42 Å². The van der Waals surface area contributed by atoms with Gasteiger partial charge < -0.3 is 15.4 Å². The third kappa shape index (κ3) is 17.8. The second-order valence-electron chi connectivity index (χ2n) is 4.29. The lowest BCUT2D eigenvalue weighted by atomic mass is 10.4. The average molecular weight is 461 g/mol. The monoisotopic (exact) mass is 461 g/mol. The second-order valence-corrected chi connectivity index (χ2v) is 6.55.